The molecule has 0 atom stereocenters. The second-order valence-electron chi connectivity index (χ2n) is 4.24. The molecule has 0 unspecified atom stereocenters. The minimum Gasteiger partial charge on any atom is -0.356 e. The van der Waals surface area contributed by atoms with Gasteiger partial charge in [-0.05, 0) is 19.1 Å². The Kier molecular flexibility index (Phi) is 5.64. The molecular formula is C14H18N4OS. The van der Waals surface area contributed by atoms with Gasteiger partial charge in [0.2, 0.25) is 5.91 Å². The van der Waals surface area contributed by atoms with Gasteiger partial charge >= 0.3 is 0 Å². The molecule has 0 aliphatic heterocycles. The lowest BCUT2D eigenvalue weighted by atomic mass is 10.3. The number of pyridine rings is 1. The minimum atomic E-state index is 0.0763. The molecule has 0 radical (unpaired) electrons. The third-order valence-corrected chi connectivity index (χ3v) is 3.56. The Balaban J connectivity index is 1.78. The van der Waals surface area contributed by atoms with E-state index in [1.54, 1.807) is 17.5 Å². The van der Waals surface area contributed by atoms with Gasteiger partial charge in [-0.1, -0.05) is 6.07 Å². The molecule has 2 aromatic rings. The number of carbonyl (C=O) groups is 1. The lowest BCUT2D eigenvalue weighted by molar-refractivity contribution is -0.120. The van der Waals surface area contributed by atoms with Gasteiger partial charge in [0.05, 0.1) is 11.4 Å². The molecule has 0 aliphatic rings. The standard InChI is InChI=1S/C14H18N4OS/c1-2-16-13(19)6-8-15-9-11-10-20-14(18-11)12-5-3-4-7-17-12/h3-5,7,10,15H,2,6,8-9H2,1H3,(H,16,19). The van der Waals surface area contributed by atoms with Crippen molar-refractivity contribution in [3.05, 3.63) is 35.5 Å². The summed E-state index contributed by atoms with van der Waals surface area (Å²) in [6.45, 7) is 3.92. The van der Waals surface area contributed by atoms with Gasteiger partial charge in [-0.15, -0.1) is 11.3 Å². The third-order valence-electron chi connectivity index (χ3n) is 2.64. The SMILES string of the molecule is CCNC(=O)CCNCc1csc(-c2ccccn2)n1. The molecule has 0 bridgehead atoms. The number of nitrogens with one attached hydrogen (secondary N) is 2. The molecule has 0 aliphatic carbocycles. The van der Waals surface area contributed by atoms with E-state index in [9.17, 15) is 4.79 Å². The van der Waals surface area contributed by atoms with Crippen molar-refractivity contribution in [3.63, 3.8) is 0 Å². The number of amides is 1. The van der Waals surface area contributed by atoms with Crippen molar-refractivity contribution in [1.29, 1.82) is 0 Å². The van der Waals surface area contributed by atoms with Crippen molar-refractivity contribution >= 4 is 17.2 Å². The maximum atomic E-state index is 11.3. The first-order valence-electron chi connectivity index (χ1n) is 6.63. The Morgan fingerprint density at radius 1 is 1.40 bits per heavy atom. The molecule has 0 saturated carbocycles. The molecule has 2 aromatic heterocycles. The molecule has 0 fully saturated rings. The summed E-state index contributed by atoms with van der Waals surface area (Å²) >= 11 is 1.58. The number of carbonyl (C=O) groups excluding carboxylic acids is 1. The van der Waals surface area contributed by atoms with Crippen LogP contribution in [0.1, 0.15) is 19.0 Å². The third kappa shape index (κ3) is 4.40. The van der Waals surface area contributed by atoms with Gasteiger partial charge in [-0.2, -0.15) is 0 Å². The Morgan fingerprint density at radius 3 is 3.05 bits per heavy atom. The van der Waals surface area contributed by atoms with Crippen molar-refractivity contribution in [2.75, 3.05) is 13.1 Å². The van der Waals surface area contributed by atoms with E-state index < -0.39 is 0 Å². The Hall–Kier alpha value is -1.79. The van der Waals surface area contributed by atoms with Gasteiger partial charge in [0.15, 0.2) is 0 Å². The second-order valence-corrected chi connectivity index (χ2v) is 5.10. The van der Waals surface area contributed by atoms with Gasteiger partial charge in [0.25, 0.3) is 0 Å². The van der Waals surface area contributed by atoms with E-state index in [0.717, 1.165) is 16.4 Å². The largest absolute Gasteiger partial charge is 0.356 e. The molecule has 106 valence electrons. The summed E-state index contributed by atoms with van der Waals surface area (Å²) in [5, 5.41) is 8.93. The first-order valence-corrected chi connectivity index (χ1v) is 7.50. The van der Waals surface area contributed by atoms with Crippen molar-refractivity contribution in [2.24, 2.45) is 0 Å². The van der Waals surface area contributed by atoms with Crippen LogP contribution in [0.25, 0.3) is 10.7 Å². The highest BCUT2D eigenvalue weighted by molar-refractivity contribution is 7.13. The highest BCUT2D eigenvalue weighted by atomic mass is 32.1. The summed E-state index contributed by atoms with van der Waals surface area (Å²) in [5.41, 5.74) is 1.87. The van der Waals surface area contributed by atoms with E-state index in [-0.39, 0.29) is 5.91 Å². The summed E-state index contributed by atoms with van der Waals surface area (Å²) in [5.74, 6) is 0.0763. The van der Waals surface area contributed by atoms with Crippen molar-refractivity contribution in [2.45, 2.75) is 19.9 Å². The van der Waals surface area contributed by atoms with Crippen LogP contribution in [0.2, 0.25) is 0 Å². The van der Waals surface area contributed by atoms with Crippen LogP contribution in [-0.2, 0) is 11.3 Å². The maximum Gasteiger partial charge on any atom is 0.221 e. The Morgan fingerprint density at radius 2 is 2.30 bits per heavy atom. The van der Waals surface area contributed by atoms with E-state index in [1.807, 2.05) is 30.5 Å². The molecule has 20 heavy (non-hydrogen) atoms. The molecule has 0 spiro atoms. The molecule has 1 amide bonds. The van der Waals surface area contributed by atoms with Crippen LogP contribution in [-0.4, -0.2) is 29.0 Å². The fourth-order valence-corrected chi connectivity index (χ4v) is 2.49. The molecule has 2 heterocycles. The zero-order valence-electron chi connectivity index (χ0n) is 11.4. The summed E-state index contributed by atoms with van der Waals surface area (Å²) in [4.78, 5) is 20.1. The zero-order valence-corrected chi connectivity index (χ0v) is 12.2. The van der Waals surface area contributed by atoms with Crippen LogP contribution < -0.4 is 10.6 Å². The predicted molar refractivity (Wildman–Crippen MR) is 80.4 cm³/mol. The van der Waals surface area contributed by atoms with Crippen LogP contribution in [0.3, 0.4) is 0 Å². The Labute approximate surface area is 122 Å². The average molecular weight is 290 g/mol. The first kappa shape index (κ1) is 14.6. The fourth-order valence-electron chi connectivity index (χ4n) is 1.70. The van der Waals surface area contributed by atoms with Crippen LogP contribution >= 0.6 is 11.3 Å². The first-order chi connectivity index (χ1) is 9.79. The van der Waals surface area contributed by atoms with Gasteiger partial charge < -0.3 is 10.6 Å². The number of hydrogen-bond donors (Lipinski definition) is 2. The summed E-state index contributed by atoms with van der Waals surface area (Å²) in [6, 6.07) is 5.79. The Bertz CT molecular complexity index is 541. The summed E-state index contributed by atoms with van der Waals surface area (Å²) < 4.78 is 0. The number of rotatable bonds is 7. The highest BCUT2D eigenvalue weighted by Gasteiger charge is 2.05. The molecule has 0 saturated heterocycles. The average Bonchev–Trinajstić information content (AvgIpc) is 2.94. The number of thiazole rings is 1. The normalized spacial score (nSPS) is 10.4. The van der Waals surface area contributed by atoms with E-state index in [0.29, 0.717) is 26.1 Å². The van der Waals surface area contributed by atoms with Gasteiger partial charge in [-0.25, -0.2) is 4.98 Å². The van der Waals surface area contributed by atoms with Gasteiger partial charge in [0.1, 0.15) is 5.01 Å². The van der Waals surface area contributed by atoms with E-state index >= 15 is 0 Å². The highest BCUT2D eigenvalue weighted by Crippen LogP contribution is 2.20. The van der Waals surface area contributed by atoms with Crippen molar-refractivity contribution in [3.8, 4) is 10.7 Å². The van der Waals surface area contributed by atoms with Crippen LogP contribution in [0.4, 0.5) is 0 Å². The van der Waals surface area contributed by atoms with E-state index in [4.69, 9.17) is 0 Å². The van der Waals surface area contributed by atoms with Gasteiger partial charge in [0, 0.05) is 37.6 Å². The maximum absolute atomic E-state index is 11.3. The molecule has 0 aromatic carbocycles. The lowest BCUT2D eigenvalue weighted by Gasteiger charge is -2.03. The lowest BCUT2D eigenvalue weighted by Crippen LogP contribution is -2.27. The monoisotopic (exact) mass is 290 g/mol. The molecule has 2 rings (SSSR count). The molecule has 5 nitrogen and oxygen atoms in total. The van der Waals surface area contributed by atoms with Gasteiger partial charge in [-0.3, -0.25) is 9.78 Å². The second kappa shape index (κ2) is 7.72. The fraction of sp³-hybridized carbons (Fsp3) is 0.357. The van der Waals surface area contributed by atoms with Crippen molar-refractivity contribution in [1.82, 2.24) is 20.6 Å². The van der Waals surface area contributed by atoms with E-state index in [2.05, 4.69) is 20.6 Å². The molecular weight excluding hydrogens is 272 g/mol. The van der Waals surface area contributed by atoms with E-state index in [1.165, 1.54) is 0 Å². The van der Waals surface area contributed by atoms with Crippen LogP contribution in [0.15, 0.2) is 29.8 Å². The summed E-state index contributed by atoms with van der Waals surface area (Å²) in [6.07, 6.45) is 2.26. The number of aromatic nitrogens is 2. The smallest absolute Gasteiger partial charge is 0.221 e. The predicted octanol–water partition coefficient (Wildman–Crippen LogP) is 1.82. The molecule has 2 N–H and O–H groups in total. The quantitative estimate of drug-likeness (QED) is 0.763. The van der Waals surface area contributed by atoms with Crippen molar-refractivity contribution < 1.29 is 4.79 Å². The minimum absolute atomic E-state index is 0.0763. The number of hydrogen-bond acceptors (Lipinski definition) is 5. The molecule has 6 heteroatoms. The van der Waals surface area contributed by atoms with Crippen LogP contribution in [0, 0.1) is 0 Å². The number of nitrogens with zero attached hydrogens (tertiary/aromatic N) is 2. The van der Waals surface area contributed by atoms with Crippen LogP contribution in [0.5, 0.6) is 0 Å². The topological polar surface area (TPSA) is 66.9 Å². The summed E-state index contributed by atoms with van der Waals surface area (Å²) in [7, 11) is 0. The zero-order chi connectivity index (χ0) is 14.2.